The highest BCUT2D eigenvalue weighted by Crippen LogP contribution is 2.42. The Kier molecular flexibility index (Phi) is 7.18. The second kappa shape index (κ2) is 10.2. The van der Waals surface area contributed by atoms with Crippen molar-refractivity contribution < 1.29 is 28.6 Å². The normalized spacial score (nSPS) is 23.7. The van der Waals surface area contributed by atoms with E-state index in [1.807, 2.05) is 30.3 Å². The largest absolute Gasteiger partial charge is 0.463 e. The second-order valence-corrected chi connectivity index (χ2v) is 9.09. The summed E-state index contributed by atoms with van der Waals surface area (Å²) in [4.78, 5) is 37.4. The summed E-state index contributed by atoms with van der Waals surface area (Å²) in [6.07, 6.45) is -2.55. The molecule has 3 N–H and O–H groups in total. The maximum atomic E-state index is 15.7. The third kappa shape index (κ3) is 5.00. The number of carbonyl (C=O) groups excluding carboxylic acids is 2. The molecule has 4 atom stereocenters. The minimum atomic E-state index is -2.26. The number of aromatic nitrogens is 4. The lowest BCUT2D eigenvalue weighted by Crippen LogP contribution is -2.41. The molecule has 11 nitrogen and oxygen atoms in total. The number of halogens is 1. The van der Waals surface area contributed by atoms with E-state index in [1.54, 1.807) is 20.9 Å². The number of imidazole rings is 1. The van der Waals surface area contributed by atoms with Gasteiger partial charge in [0.25, 0.3) is 0 Å². The number of ether oxygens (including phenoxy) is 2. The number of amides is 1. The number of hydrogen-bond acceptors (Lipinski definition) is 9. The molecule has 1 saturated heterocycles. The van der Waals surface area contributed by atoms with Crippen LogP contribution in [0.4, 0.5) is 16.2 Å². The van der Waals surface area contributed by atoms with Crippen LogP contribution >= 0.6 is 0 Å². The van der Waals surface area contributed by atoms with E-state index < -0.39 is 30.1 Å². The zero-order valence-corrected chi connectivity index (χ0v) is 20.4. The van der Waals surface area contributed by atoms with Crippen molar-refractivity contribution in [2.45, 2.75) is 51.3 Å². The highest BCUT2D eigenvalue weighted by atomic mass is 19.1. The quantitative estimate of drug-likeness (QED) is 0.397. The molecule has 0 aliphatic carbocycles. The molecule has 0 unspecified atom stereocenters. The Morgan fingerprint density at radius 2 is 2.00 bits per heavy atom. The van der Waals surface area contributed by atoms with Crippen LogP contribution in [0.25, 0.3) is 11.2 Å². The Morgan fingerprint density at radius 3 is 2.67 bits per heavy atom. The van der Waals surface area contributed by atoms with Gasteiger partial charge in [0.2, 0.25) is 11.9 Å². The average Bonchev–Trinajstić information content (AvgIpc) is 3.35. The van der Waals surface area contributed by atoms with Gasteiger partial charge in [-0.3, -0.25) is 19.5 Å². The SMILES string of the molecule is CNc1nc(NC(=O)Cc2ccccc2)nc2c1ncn2[C@@H]1O[C@H](COC(=O)C(C)C)[C@@H](O)[C@@]1(C)F. The van der Waals surface area contributed by atoms with Crippen molar-refractivity contribution in [2.24, 2.45) is 5.92 Å². The van der Waals surface area contributed by atoms with E-state index in [2.05, 4.69) is 25.6 Å². The molecule has 0 bridgehead atoms. The number of fused-ring (bicyclic) bond motifs is 1. The van der Waals surface area contributed by atoms with Crippen LogP contribution in [0, 0.1) is 5.92 Å². The first-order valence-electron chi connectivity index (χ1n) is 11.6. The first-order valence-corrected chi connectivity index (χ1v) is 11.6. The maximum Gasteiger partial charge on any atom is 0.308 e. The van der Waals surface area contributed by atoms with Gasteiger partial charge >= 0.3 is 5.97 Å². The van der Waals surface area contributed by atoms with E-state index in [0.717, 1.165) is 5.56 Å². The Morgan fingerprint density at radius 1 is 1.28 bits per heavy atom. The highest BCUT2D eigenvalue weighted by molar-refractivity contribution is 5.92. The van der Waals surface area contributed by atoms with Crippen molar-refractivity contribution in [2.75, 3.05) is 24.3 Å². The molecule has 1 amide bonds. The lowest BCUT2D eigenvalue weighted by Gasteiger charge is -2.24. The smallest absolute Gasteiger partial charge is 0.308 e. The van der Waals surface area contributed by atoms with Crippen LogP contribution < -0.4 is 10.6 Å². The Bertz CT molecular complexity index is 1250. The molecule has 2 aromatic heterocycles. The van der Waals surface area contributed by atoms with Crippen LogP contribution in [0.2, 0.25) is 0 Å². The zero-order chi connectivity index (χ0) is 26.0. The van der Waals surface area contributed by atoms with Gasteiger partial charge in [-0.1, -0.05) is 44.2 Å². The Hall–Kier alpha value is -3.64. The molecule has 3 aromatic rings. The van der Waals surface area contributed by atoms with E-state index in [4.69, 9.17) is 9.47 Å². The summed E-state index contributed by atoms with van der Waals surface area (Å²) in [6.45, 7) is 4.23. The van der Waals surface area contributed by atoms with E-state index in [9.17, 15) is 14.7 Å². The van der Waals surface area contributed by atoms with Gasteiger partial charge in [-0.2, -0.15) is 9.97 Å². The molecule has 3 heterocycles. The van der Waals surface area contributed by atoms with Gasteiger partial charge in [0.15, 0.2) is 28.9 Å². The van der Waals surface area contributed by atoms with Crippen molar-refractivity contribution in [1.82, 2.24) is 19.5 Å². The summed E-state index contributed by atoms with van der Waals surface area (Å²) >= 11 is 0. The molecular formula is C24H29FN6O5. The summed E-state index contributed by atoms with van der Waals surface area (Å²) in [5.74, 6) is -0.874. The lowest BCUT2D eigenvalue weighted by atomic mass is 9.98. The molecule has 1 fully saturated rings. The van der Waals surface area contributed by atoms with Crippen molar-refractivity contribution in [1.29, 1.82) is 0 Å². The molecule has 1 aliphatic rings. The van der Waals surface area contributed by atoms with Gasteiger partial charge in [0.05, 0.1) is 18.7 Å². The molecule has 0 radical (unpaired) electrons. The number of aliphatic hydroxyl groups is 1. The average molecular weight is 501 g/mol. The summed E-state index contributed by atoms with van der Waals surface area (Å²) in [5.41, 5.74) is -0.933. The molecular weight excluding hydrogens is 471 g/mol. The Balaban J connectivity index is 1.60. The number of rotatable bonds is 8. The van der Waals surface area contributed by atoms with Crippen LogP contribution in [-0.4, -0.2) is 68.0 Å². The van der Waals surface area contributed by atoms with Crippen molar-refractivity contribution in [3.05, 3.63) is 42.2 Å². The van der Waals surface area contributed by atoms with Gasteiger partial charge in [0, 0.05) is 7.05 Å². The molecule has 4 rings (SSSR count). The molecule has 12 heteroatoms. The predicted molar refractivity (Wildman–Crippen MR) is 129 cm³/mol. The fourth-order valence-electron chi connectivity index (χ4n) is 3.95. The van der Waals surface area contributed by atoms with Crippen molar-refractivity contribution in [3.63, 3.8) is 0 Å². The topological polar surface area (TPSA) is 140 Å². The molecule has 0 spiro atoms. The van der Waals surface area contributed by atoms with Crippen molar-refractivity contribution >= 4 is 34.8 Å². The van der Waals surface area contributed by atoms with Gasteiger partial charge < -0.3 is 19.9 Å². The third-order valence-corrected chi connectivity index (χ3v) is 5.95. The van der Waals surface area contributed by atoms with Gasteiger partial charge in [-0.05, 0) is 12.5 Å². The lowest BCUT2D eigenvalue weighted by molar-refractivity contribution is -0.153. The number of carbonyl (C=O) groups is 2. The van der Waals surface area contributed by atoms with Crippen LogP contribution in [0.15, 0.2) is 36.7 Å². The minimum Gasteiger partial charge on any atom is -0.463 e. The number of esters is 1. The van der Waals surface area contributed by atoms with Gasteiger partial charge in [-0.15, -0.1) is 0 Å². The van der Waals surface area contributed by atoms with Crippen LogP contribution in [-0.2, 0) is 25.5 Å². The van der Waals surface area contributed by atoms with Gasteiger partial charge in [-0.25, -0.2) is 9.37 Å². The summed E-state index contributed by atoms with van der Waals surface area (Å²) < 4.78 is 28.0. The third-order valence-electron chi connectivity index (χ3n) is 5.95. The minimum absolute atomic E-state index is 0.00366. The number of aliphatic hydroxyl groups excluding tert-OH is 1. The van der Waals surface area contributed by atoms with E-state index in [-0.39, 0.29) is 36.4 Å². The number of hydrogen-bond donors (Lipinski definition) is 3. The number of nitrogens with zero attached hydrogens (tertiary/aromatic N) is 4. The summed E-state index contributed by atoms with van der Waals surface area (Å²) in [5, 5.41) is 16.2. The molecule has 1 aliphatic heterocycles. The highest BCUT2D eigenvalue weighted by Gasteiger charge is 2.55. The fraction of sp³-hybridized carbons (Fsp3) is 0.458. The molecule has 192 valence electrons. The first-order chi connectivity index (χ1) is 17.1. The zero-order valence-electron chi connectivity index (χ0n) is 20.4. The first kappa shape index (κ1) is 25.5. The second-order valence-electron chi connectivity index (χ2n) is 9.09. The monoisotopic (exact) mass is 500 g/mol. The van der Waals surface area contributed by atoms with Crippen LogP contribution in [0.3, 0.4) is 0 Å². The molecule has 1 aromatic carbocycles. The standard InChI is InChI=1S/C24H29FN6O5/c1-13(2)21(34)35-11-15-18(33)24(3,25)22(36-15)31-12-27-17-19(26-4)29-23(30-20(17)31)28-16(32)10-14-8-6-5-7-9-14/h5-9,12-13,15,18,22,33H,10-11H2,1-4H3,(H2,26,28,29,30,32)/t15-,18-,22-,24-/m1/s1. The fourth-order valence-corrected chi connectivity index (χ4v) is 3.95. The van der Waals surface area contributed by atoms with E-state index in [1.165, 1.54) is 17.8 Å². The van der Waals surface area contributed by atoms with Crippen molar-refractivity contribution in [3.8, 4) is 0 Å². The maximum absolute atomic E-state index is 15.7. The number of benzene rings is 1. The Labute approximate surface area is 207 Å². The van der Waals surface area contributed by atoms with Gasteiger partial charge in [0.1, 0.15) is 18.8 Å². The number of anilines is 2. The van der Waals surface area contributed by atoms with E-state index >= 15 is 4.39 Å². The summed E-state index contributed by atoms with van der Waals surface area (Å²) in [6, 6.07) is 9.20. The number of alkyl halides is 1. The predicted octanol–water partition coefficient (Wildman–Crippen LogP) is 2.23. The molecule has 0 saturated carbocycles. The van der Waals surface area contributed by atoms with Crippen LogP contribution in [0.1, 0.15) is 32.6 Å². The van der Waals surface area contributed by atoms with Crippen LogP contribution in [0.5, 0.6) is 0 Å². The van der Waals surface area contributed by atoms with E-state index in [0.29, 0.717) is 11.3 Å². The number of nitrogens with one attached hydrogen (secondary N) is 2. The molecule has 36 heavy (non-hydrogen) atoms. The summed E-state index contributed by atoms with van der Waals surface area (Å²) in [7, 11) is 1.63.